The molecule has 3 atom stereocenters. The normalized spacial score (nSPS) is 13.7. The molecule has 0 radical (unpaired) electrons. The van der Waals surface area contributed by atoms with E-state index in [1.165, 1.54) is 122 Å². The van der Waals surface area contributed by atoms with E-state index in [0.717, 1.165) is 89.9 Å². The molecule has 0 aliphatic carbocycles. The van der Waals surface area contributed by atoms with Crippen LogP contribution in [0.2, 0.25) is 0 Å². The summed E-state index contributed by atoms with van der Waals surface area (Å²) in [5.74, 6) is -0.505. The predicted octanol–water partition coefficient (Wildman–Crippen LogP) is 16.0. The molecule has 62 heavy (non-hydrogen) atoms. The molecule has 0 aliphatic rings. The summed E-state index contributed by atoms with van der Waals surface area (Å²) in [4.78, 5) is 26.2. The fraction of sp³-hybridized carbons (Fsp3) is 0.786. The maximum Gasteiger partial charge on any atom is 0.306 e. The van der Waals surface area contributed by atoms with Crippen molar-refractivity contribution in [1.29, 1.82) is 0 Å². The van der Waals surface area contributed by atoms with Crippen molar-refractivity contribution in [2.45, 2.75) is 277 Å². The van der Waals surface area contributed by atoms with E-state index in [-0.39, 0.29) is 24.9 Å². The first-order valence-corrected chi connectivity index (χ1v) is 26.6. The van der Waals surface area contributed by atoms with Crippen molar-refractivity contribution < 1.29 is 24.5 Å². The van der Waals surface area contributed by atoms with Crippen LogP contribution in [0.25, 0.3) is 0 Å². The maximum atomic E-state index is 13.2. The topological polar surface area (TPSA) is 95.9 Å². The van der Waals surface area contributed by atoms with Gasteiger partial charge in [-0.25, -0.2) is 0 Å². The third-order valence-electron chi connectivity index (χ3n) is 11.9. The number of allylic oxidation sites excluding steroid dienone is 10. The van der Waals surface area contributed by atoms with Crippen LogP contribution in [0.15, 0.2) is 60.8 Å². The first-order chi connectivity index (χ1) is 30.5. The van der Waals surface area contributed by atoms with Crippen LogP contribution in [0.1, 0.15) is 258 Å². The third kappa shape index (κ3) is 44.2. The molecule has 0 saturated carbocycles. The average molecular weight is 868 g/mol. The minimum Gasteiger partial charge on any atom is -0.462 e. The third-order valence-corrected chi connectivity index (χ3v) is 11.9. The summed E-state index contributed by atoms with van der Waals surface area (Å²) in [6.07, 6.45) is 61.3. The summed E-state index contributed by atoms with van der Waals surface area (Å²) in [6, 6.07) is -0.710. The number of nitrogens with one attached hydrogen (secondary N) is 1. The van der Waals surface area contributed by atoms with Gasteiger partial charge in [0.2, 0.25) is 5.91 Å². The lowest BCUT2D eigenvalue weighted by Gasteiger charge is -2.24. The molecule has 0 bridgehead atoms. The second kappa shape index (κ2) is 49.6. The molecular formula is C56H101NO5. The Kier molecular flexibility index (Phi) is 47.6. The van der Waals surface area contributed by atoms with Gasteiger partial charge >= 0.3 is 5.97 Å². The summed E-state index contributed by atoms with van der Waals surface area (Å²) < 4.78 is 5.93. The van der Waals surface area contributed by atoms with Crippen LogP contribution in [-0.2, 0) is 14.3 Å². The van der Waals surface area contributed by atoms with E-state index in [2.05, 4.69) is 68.6 Å². The summed E-state index contributed by atoms with van der Waals surface area (Å²) in [7, 11) is 0. The van der Waals surface area contributed by atoms with Gasteiger partial charge in [-0.3, -0.25) is 9.59 Å². The Morgan fingerprint density at radius 1 is 0.484 bits per heavy atom. The number of aliphatic hydroxyl groups excluding tert-OH is 2. The number of hydrogen-bond acceptors (Lipinski definition) is 5. The molecule has 0 fully saturated rings. The maximum absolute atomic E-state index is 13.2. The smallest absolute Gasteiger partial charge is 0.306 e. The number of aliphatic hydroxyl groups is 2. The molecule has 0 spiro atoms. The van der Waals surface area contributed by atoms with Gasteiger partial charge < -0.3 is 20.3 Å². The molecule has 0 aromatic heterocycles. The van der Waals surface area contributed by atoms with Crippen LogP contribution in [-0.4, -0.2) is 46.9 Å². The highest BCUT2D eigenvalue weighted by Crippen LogP contribution is 2.18. The average Bonchev–Trinajstić information content (AvgIpc) is 3.26. The molecular weight excluding hydrogens is 767 g/mol. The number of unbranched alkanes of at least 4 members (excludes halogenated alkanes) is 28. The van der Waals surface area contributed by atoms with E-state index in [4.69, 9.17) is 4.74 Å². The van der Waals surface area contributed by atoms with E-state index in [1.54, 1.807) is 0 Å². The van der Waals surface area contributed by atoms with Gasteiger partial charge in [0.25, 0.3) is 0 Å². The number of amides is 1. The van der Waals surface area contributed by atoms with Crippen molar-refractivity contribution >= 4 is 11.9 Å². The van der Waals surface area contributed by atoms with Gasteiger partial charge in [0.1, 0.15) is 6.10 Å². The van der Waals surface area contributed by atoms with Gasteiger partial charge in [0, 0.05) is 6.42 Å². The highest BCUT2D eigenvalue weighted by molar-refractivity contribution is 5.77. The van der Waals surface area contributed by atoms with E-state index in [9.17, 15) is 19.8 Å². The van der Waals surface area contributed by atoms with Crippen molar-refractivity contribution in [2.75, 3.05) is 6.61 Å². The highest BCUT2D eigenvalue weighted by Gasteiger charge is 2.24. The zero-order valence-electron chi connectivity index (χ0n) is 41.0. The minimum atomic E-state index is -0.795. The molecule has 360 valence electrons. The van der Waals surface area contributed by atoms with Gasteiger partial charge in [-0.2, -0.15) is 0 Å². The number of carbonyl (C=O) groups excluding carboxylic acids is 2. The minimum absolute atomic E-state index is 0.0615. The quantitative estimate of drug-likeness (QED) is 0.0245. The van der Waals surface area contributed by atoms with Crippen molar-refractivity contribution in [1.82, 2.24) is 5.32 Å². The zero-order valence-corrected chi connectivity index (χ0v) is 41.0. The van der Waals surface area contributed by atoms with E-state index < -0.39 is 18.2 Å². The second-order valence-corrected chi connectivity index (χ2v) is 18.0. The Morgan fingerprint density at radius 3 is 1.37 bits per heavy atom. The van der Waals surface area contributed by atoms with Crippen LogP contribution in [0.3, 0.4) is 0 Å². The summed E-state index contributed by atoms with van der Waals surface area (Å²) >= 11 is 0. The molecule has 1 amide bonds. The van der Waals surface area contributed by atoms with Crippen LogP contribution >= 0.6 is 0 Å². The summed E-state index contributed by atoms with van der Waals surface area (Å²) in [5, 5.41) is 23.8. The van der Waals surface area contributed by atoms with Crippen molar-refractivity contribution in [3.05, 3.63) is 60.8 Å². The van der Waals surface area contributed by atoms with Gasteiger partial charge in [-0.05, 0) is 70.6 Å². The molecule has 0 heterocycles. The molecule has 0 aliphatic heterocycles. The van der Waals surface area contributed by atoms with Crippen LogP contribution in [0.4, 0.5) is 0 Å². The number of rotatable bonds is 47. The lowest BCUT2D eigenvalue weighted by atomic mass is 10.0. The predicted molar refractivity (Wildman–Crippen MR) is 268 cm³/mol. The first kappa shape index (κ1) is 59.6. The van der Waals surface area contributed by atoms with Gasteiger partial charge in [-0.1, -0.05) is 236 Å². The molecule has 3 N–H and O–H groups in total. The lowest BCUT2D eigenvalue weighted by Crippen LogP contribution is -2.46. The monoisotopic (exact) mass is 868 g/mol. The zero-order chi connectivity index (χ0) is 45.2. The van der Waals surface area contributed by atoms with Gasteiger partial charge in [0.05, 0.1) is 25.2 Å². The fourth-order valence-electron chi connectivity index (χ4n) is 7.91. The largest absolute Gasteiger partial charge is 0.462 e. The Hall–Kier alpha value is -2.44. The SMILES string of the molecule is CC/C=C/C=C/C=C/C=C\CCCCCCCC(=O)OC(CCCCCCC/C=C/CCCCCCCC)CC(=O)NC(CO)C(O)CCCCCCCCCCCCCCC. The number of esters is 1. The second-order valence-electron chi connectivity index (χ2n) is 18.0. The van der Waals surface area contributed by atoms with Crippen molar-refractivity contribution in [3.8, 4) is 0 Å². The molecule has 6 heteroatoms. The number of hydrogen-bond donors (Lipinski definition) is 3. The number of ether oxygens (including phenoxy) is 1. The van der Waals surface area contributed by atoms with Crippen molar-refractivity contribution in [2.24, 2.45) is 0 Å². The molecule has 6 nitrogen and oxygen atoms in total. The van der Waals surface area contributed by atoms with Crippen LogP contribution in [0, 0.1) is 0 Å². The Morgan fingerprint density at radius 2 is 0.887 bits per heavy atom. The van der Waals surface area contributed by atoms with Gasteiger partial charge in [-0.15, -0.1) is 0 Å². The number of carbonyl (C=O) groups is 2. The highest BCUT2D eigenvalue weighted by atomic mass is 16.5. The van der Waals surface area contributed by atoms with E-state index in [0.29, 0.717) is 19.3 Å². The molecule has 0 rings (SSSR count). The Balaban J connectivity index is 4.63. The standard InChI is InChI=1S/C56H101NO5/c1-4-7-10-13-16-19-22-25-27-30-32-35-38-41-44-47-52(62-56(61)49-46-43-40-37-34-31-28-26-23-20-17-14-11-8-5-2)50-55(60)57-53(51-58)54(59)48-45-42-39-36-33-29-24-21-18-15-12-9-6-3/h8,11,14,17,20,23,25-28,52-54,58-59H,4-7,9-10,12-13,15-16,18-19,21-22,24,29-51H2,1-3H3,(H,57,60)/b11-8+,17-14+,23-20+,27-25+,28-26-. The molecule has 3 unspecified atom stereocenters. The first-order valence-electron chi connectivity index (χ1n) is 26.6. The Labute approximate surface area is 384 Å². The summed E-state index contributed by atoms with van der Waals surface area (Å²) in [5.41, 5.74) is 0. The van der Waals surface area contributed by atoms with Crippen LogP contribution < -0.4 is 5.32 Å². The van der Waals surface area contributed by atoms with Gasteiger partial charge in [0.15, 0.2) is 0 Å². The lowest BCUT2D eigenvalue weighted by molar-refractivity contribution is -0.151. The van der Waals surface area contributed by atoms with E-state index in [1.807, 2.05) is 18.2 Å². The van der Waals surface area contributed by atoms with Crippen molar-refractivity contribution in [3.63, 3.8) is 0 Å². The summed E-state index contributed by atoms with van der Waals surface area (Å²) in [6.45, 7) is 6.34. The molecule has 0 saturated heterocycles. The molecule has 0 aromatic carbocycles. The van der Waals surface area contributed by atoms with Crippen LogP contribution in [0.5, 0.6) is 0 Å². The fourth-order valence-corrected chi connectivity index (χ4v) is 7.91. The Bertz CT molecular complexity index is 1110. The van der Waals surface area contributed by atoms with E-state index >= 15 is 0 Å². The molecule has 0 aromatic rings.